The molecule has 0 bridgehead atoms. The van der Waals surface area contributed by atoms with Crippen LogP contribution in [0.2, 0.25) is 0 Å². The molecule has 1 aliphatic heterocycles. The molecule has 0 radical (unpaired) electrons. The summed E-state index contributed by atoms with van der Waals surface area (Å²) in [6.07, 6.45) is 9.20. The Morgan fingerprint density at radius 2 is 1.13 bits per heavy atom. The molecular weight excluding hydrogens is 608 g/mol. The van der Waals surface area contributed by atoms with Crippen LogP contribution in [0.4, 0.5) is 0 Å². The Labute approximate surface area is 270 Å². The zero-order chi connectivity index (χ0) is 33.5. The number of aliphatic hydroxyl groups excluding tert-OH is 3. The fraction of sp³-hybridized carbons (Fsp3) is 0.938. The van der Waals surface area contributed by atoms with Crippen LogP contribution in [0.25, 0.3) is 0 Å². The average molecular weight is 669 g/mol. The van der Waals surface area contributed by atoms with Gasteiger partial charge >= 0.3 is 11.9 Å². The third-order valence-electron chi connectivity index (χ3n) is 7.94. The first kappa shape index (κ1) is 41.7. The first-order chi connectivity index (χ1) is 21.5. The van der Waals surface area contributed by atoms with Crippen LogP contribution >= 0.6 is 0 Å². The molecule has 0 aromatic carbocycles. The van der Waals surface area contributed by atoms with Gasteiger partial charge < -0.3 is 34.3 Å². The summed E-state index contributed by atoms with van der Waals surface area (Å²) in [5.41, 5.74) is 0. The molecule has 0 aliphatic carbocycles. The Hall–Kier alpha value is -1.35. The Balaban J connectivity index is 2.59. The highest BCUT2D eigenvalue weighted by Gasteiger charge is 2.46. The van der Waals surface area contributed by atoms with Crippen molar-refractivity contribution in [2.45, 2.75) is 173 Å². The van der Waals surface area contributed by atoms with Crippen LogP contribution in [0, 0.1) is 0 Å². The molecule has 0 aromatic heterocycles. The van der Waals surface area contributed by atoms with Crippen molar-refractivity contribution in [2.75, 3.05) is 19.0 Å². The maximum Gasteiger partial charge on any atom is 0.306 e. The number of aliphatic hydroxyl groups is 3. The van der Waals surface area contributed by atoms with Gasteiger partial charge in [-0.25, -0.2) is 0 Å². The van der Waals surface area contributed by atoms with Crippen molar-refractivity contribution in [3.63, 3.8) is 0 Å². The fourth-order valence-corrected chi connectivity index (χ4v) is 5.89. The van der Waals surface area contributed by atoms with Crippen molar-refractivity contribution in [3.8, 4) is 0 Å². The van der Waals surface area contributed by atoms with E-state index >= 15 is 0 Å². The summed E-state index contributed by atoms with van der Waals surface area (Å²) in [5, 5.41) is 30.6. The normalized spacial score (nSPS) is 22.7. The number of rotatable bonds is 27. The number of hydrogen-bond donors (Lipinski definition) is 4. The number of hydrogen-bond acceptors (Lipinski definition) is 11. The van der Waals surface area contributed by atoms with Crippen LogP contribution in [-0.4, -0.2) is 96.0 Å². The number of unbranched alkanes of at least 4 members (excludes halogenated alkanes) is 15. The van der Waals surface area contributed by atoms with Crippen molar-refractivity contribution in [1.29, 1.82) is 0 Å². The molecule has 0 amide bonds. The van der Waals surface area contributed by atoms with E-state index in [-0.39, 0.29) is 19.4 Å². The standard InChI is InChI=1S/C32H60O12S/c1-3-5-7-9-11-12-13-15-17-19-21-28(34)43-25(22-41-27(33)20-18-16-14-10-8-6-4-2)23-42-32-31(37)30(36)29(35)26(44-32)24-45(38,39)40/h25-26,29-32,35-37H,3-24H2,1-2H3,(H,38,39,40)/t25-,26-,29-,30?,31?,32+/m1/s1. The number of carbonyl (C=O) groups excluding carboxylic acids is 2. The van der Waals surface area contributed by atoms with E-state index in [1.54, 1.807) is 0 Å². The zero-order valence-electron chi connectivity index (χ0n) is 27.5. The lowest BCUT2D eigenvalue weighted by atomic mass is 10.00. The van der Waals surface area contributed by atoms with Gasteiger partial charge in [0.1, 0.15) is 36.8 Å². The molecule has 1 rings (SSSR count). The summed E-state index contributed by atoms with van der Waals surface area (Å²) in [5.74, 6) is -1.98. The first-order valence-electron chi connectivity index (χ1n) is 17.1. The van der Waals surface area contributed by atoms with E-state index in [2.05, 4.69) is 13.8 Å². The summed E-state index contributed by atoms with van der Waals surface area (Å²) in [6.45, 7) is 3.64. The molecule has 6 atom stereocenters. The minimum Gasteiger partial charge on any atom is -0.462 e. The molecule has 1 aliphatic rings. The first-order valence-corrected chi connectivity index (χ1v) is 18.7. The monoisotopic (exact) mass is 668 g/mol. The van der Waals surface area contributed by atoms with Gasteiger partial charge in [-0.2, -0.15) is 8.42 Å². The van der Waals surface area contributed by atoms with Crippen LogP contribution < -0.4 is 0 Å². The fourth-order valence-electron chi connectivity index (χ4n) is 5.20. The summed E-state index contributed by atoms with van der Waals surface area (Å²) in [6, 6.07) is 0. The van der Waals surface area contributed by atoms with E-state index in [9.17, 15) is 33.3 Å². The van der Waals surface area contributed by atoms with Gasteiger partial charge in [0.15, 0.2) is 12.4 Å². The van der Waals surface area contributed by atoms with E-state index < -0.39 is 71.2 Å². The summed E-state index contributed by atoms with van der Waals surface area (Å²) < 4.78 is 53.5. The molecule has 0 spiro atoms. The van der Waals surface area contributed by atoms with Crippen LogP contribution in [0.1, 0.15) is 136 Å². The van der Waals surface area contributed by atoms with Gasteiger partial charge in [0.05, 0.1) is 6.61 Å². The maximum absolute atomic E-state index is 12.6. The van der Waals surface area contributed by atoms with Crippen LogP contribution in [-0.2, 0) is 38.7 Å². The second kappa shape index (κ2) is 24.8. The average Bonchev–Trinajstić information content (AvgIpc) is 2.99. The van der Waals surface area contributed by atoms with Crippen LogP contribution in [0.3, 0.4) is 0 Å². The van der Waals surface area contributed by atoms with Crippen LogP contribution in [0.5, 0.6) is 0 Å². The molecule has 1 fully saturated rings. The van der Waals surface area contributed by atoms with E-state index in [0.717, 1.165) is 38.5 Å². The summed E-state index contributed by atoms with van der Waals surface area (Å²) in [4.78, 5) is 24.9. The van der Waals surface area contributed by atoms with Gasteiger partial charge in [-0.05, 0) is 12.8 Å². The van der Waals surface area contributed by atoms with Gasteiger partial charge in [0, 0.05) is 12.8 Å². The molecule has 1 heterocycles. The van der Waals surface area contributed by atoms with Crippen molar-refractivity contribution in [2.24, 2.45) is 0 Å². The smallest absolute Gasteiger partial charge is 0.306 e. The van der Waals surface area contributed by atoms with E-state index in [1.807, 2.05) is 0 Å². The van der Waals surface area contributed by atoms with Gasteiger partial charge in [-0.1, -0.05) is 110 Å². The molecular formula is C32H60O12S. The number of esters is 2. The van der Waals surface area contributed by atoms with Crippen LogP contribution in [0.15, 0.2) is 0 Å². The van der Waals surface area contributed by atoms with E-state index in [1.165, 1.54) is 57.8 Å². The molecule has 2 unspecified atom stereocenters. The van der Waals surface area contributed by atoms with Gasteiger partial charge in [-0.15, -0.1) is 0 Å². The molecule has 0 saturated carbocycles. The lowest BCUT2D eigenvalue weighted by molar-refractivity contribution is -0.297. The van der Waals surface area contributed by atoms with Gasteiger partial charge in [-0.3, -0.25) is 14.1 Å². The quantitative estimate of drug-likeness (QED) is 0.0542. The highest BCUT2D eigenvalue weighted by atomic mass is 32.2. The molecule has 45 heavy (non-hydrogen) atoms. The second-order valence-electron chi connectivity index (χ2n) is 12.2. The number of ether oxygens (including phenoxy) is 4. The van der Waals surface area contributed by atoms with Gasteiger partial charge in [0.25, 0.3) is 10.1 Å². The highest BCUT2D eigenvalue weighted by Crippen LogP contribution is 2.24. The second-order valence-corrected chi connectivity index (χ2v) is 13.7. The minimum atomic E-state index is -4.58. The Bertz CT molecular complexity index is 883. The maximum atomic E-state index is 12.6. The third kappa shape index (κ3) is 20.5. The van der Waals surface area contributed by atoms with Crippen molar-refractivity contribution < 1.29 is 56.8 Å². The molecule has 266 valence electrons. The molecule has 1 saturated heterocycles. The summed E-state index contributed by atoms with van der Waals surface area (Å²) in [7, 11) is -4.58. The SMILES string of the molecule is CCCCCCCCCCCCC(=O)O[C@H](COC(=O)CCCCCCCCC)CO[C@H]1O[C@H](CS(=O)(=O)O)[C@@H](O)C(O)C1O. The third-order valence-corrected chi connectivity index (χ3v) is 8.69. The van der Waals surface area contributed by atoms with E-state index in [0.29, 0.717) is 12.8 Å². The summed E-state index contributed by atoms with van der Waals surface area (Å²) >= 11 is 0. The lowest BCUT2D eigenvalue weighted by Gasteiger charge is -2.40. The predicted octanol–water partition coefficient (Wildman–Crippen LogP) is 4.61. The van der Waals surface area contributed by atoms with E-state index in [4.69, 9.17) is 23.5 Å². The topological polar surface area (TPSA) is 186 Å². The molecule has 0 aromatic rings. The van der Waals surface area contributed by atoms with Crippen molar-refractivity contribution >= 4 is 22.1 Å². The Morgan fingerprint density at radius 3 is 1.62 bits per heavy atom. The predicted molar refractivity (Wildman–Crippen MR) is 169 cm³/mol. The number of carbonyl (C=O) groups is 2. The Kier molecular flexibility index (Phi) is 22.9. The molecule has 13 heteroatoms. The molecule has 12 nitrogen and oxygen atoms in total. The highest BCUT2D eigenvalue weighted by molar-refractivity contribution is 7.85. The lowest BCUT2D eigenvalue weighted by Crippen LogP contribution is -2.60. The molecule has 4 N–H and O–H groups in total. The minimum absolute atomic E-state index is 0.170. The van der Waals surface area contributed by atoms with Gasteiger partial charge in [0.2, 0.25) is 0 Å². The van der Waals surface area contributed by atoms with Crippen molar-refractivity contribution in [1.82, 2.24) is 0 Å². The zero-order valence-corrected chi connectivity index (χ0v) is 28.3. The Morgan fingerprint density at radius 1 is 0.667 bits per heavy atom. The largest absolute Gasteiger partial charge is 0.462 e. The van der Waals surface area contributed by atoms with Crippen molar-refractivity contribution in [3.05, 3.63) is 0 Å².